The third-order valence-corrected chi connectivity index (χ3v) is 2.77. The Kier molecular flexibility index (Phi) is 8.01. The summed E-state index contributed by atoms with van der Waals surface area (Å²) < 4.78 is 65.3. The molecule has 0 bridgehead atoms. The quantitative estimate of drug-likeness (QED) is 0.122. The molecule has 0 unspecified atom stereocenters. The van der Waals surface area contributed by atoms with Gasteiger partial charge in [-0.2, -0.15) is 0 Å². The van der Waals surface area contributed by atoms with Gasteiger partial charge in [0.2, 0.25) is 5.82 Å². The topological polar surface area (TPSA) is 21.6 Å². The van der Waals surface area contributed by atoms with Crippen LogP contribution in [0.3, 0.4) is 0 Å². The van der Waals surface area contributed by atoms with Crippen molar-refractivity contribution in [1.29, 1.82) is 0 Å². The van der Waals surface area contributed by atoms with E-state index < -0.39 is 41.3 Å². The Morgan fingerprint density at radius 2 is 1.39 bits per heavy atom. The molecular weight excluding hydrogens is 317 g/mol. The maximum atomic E-state index is 13.3. The van der Waals surface area contributed by atoms with Gasteiger partial charge < -0.3 is 4.84 Å². The molecule has 0 saturated carbocycles. The third kappa shape index (κ3) is 5.50. The van der Waals surface area contributed by atoms with Crippen LogP contribution < -0.4 is 0 Å². The SMILES string of the molecule is CC/C=C\CC/C=C/C=N/OCc1c(F)c(F)c(F)c(F)c1F. The number of halogens is 5. The van der Waals surface area contributed by atoms with Crippen LogP contribution >= 0.6 is 0 Å². The monoisotopic (exact) mass is 333 g/mol. The zero-order chi connectivity index (χ0) is 17.2. The number of oxime groups is 1. The van der Waals surface area contributed by atoms with E-state index in [-0.39, 0.29) is 0 Å². The summed E-state index contributed by atoms with van der Waals surface area (Å²) >= 11 is 0. The van der Waals surface area contributed by atoms with Gasteiger partial charge in [-0.1, -0.05) is 30.3 Å². The van der Waals surface area contributed by atoms with Gasteiger partial charge in [-0.15, -0.1) is 0 Å². The largest absolute Gasteiger partial charge is 0.391 e. The lowest BCUT2D eigenvalue weighted by molar-refractivity contribution is 0.124. The summed E-state index contributed by atoms with van der Waals surface area (Å²) in [5.41, 5.74) is -1.06. The minimum atomic E-state index is -2.20. The van der Waals surface area contributed by atoms with Gasteiger partial charge in [0.1, 0.15) is 6.61 Å². The van der Waals surface area contributed by atoms with E-state index >= 15 is 0 Å². The van der Waals surface area contributed by atoms with Gasteiger partial charge in [0, 0.05) is 0 Å². The van der Waals surface area contributed by atoms with Gasteiger partial charge in [0.25, 0.3) is 0 Å². The second kappa shape index (κ2) is 9.76. The molecule has 126 valence electrons. The molecular formula is C16H16F5NO. The lowest BCUT2D eigenvalue weighted by Crippen LogP contribution is -2.07. The van der Waals surface area contributed by atoms with Crippen molar-refractivity contribution in [2.45, 2.75) is 32.8 Å². The summed E-state index contributed by atoms with van der Waals surface area (Å²) in [6, 6.07) is 0. The van der Waals surface area contributed by atoms with Crippen LogP contribution in [-0.2, 0) is 11.4 Å². The minimum absolute atomic E-state index is 0.778. The Morgan fingerprint density at radius 3 is 2.00 bits per heavy atom. The van der Waals surface area contributed by atoms with Crippen LogP contribution in [-0.4, -0.2) is 6.21 Å². The van der Waals surface area contributed by atoms with Crippen molar-refractivity contribution in [3.8, 4) is 0 Å². The van der Waals surface area contributed by atoms with Crippen LogP contribution in [0.15, 0.2) is 29.5 Å². The van der Waals surface area contributed by atoms with Crippen LogP contribution in [0, 0.1) is 29.1 Å². The molecule has 0 aliphatic heterocycles. The molecule has 1 aromatic rings. The summed E-state index contributed by atoms with van der Waals surface area (Å²) in [7, 11) is 0. The van der Waals surface area contributed by atoms with Crippen molar-refractivity contribution in [3.05, 3.63) is 59.0 Å². The molecule has 0 aliphatic carbocycles. The van der Waals surface area contributed by atoms with E-state index in [1.807, 2.05) is 19.1 Å². The van der Waals surface area contributed by atoms with Crippen LogP contribution in [0.2, 0.25) is 0 Å². The molecule has 0 radical (unpaired) electrons. The van der Waals surface area contributed by atoms with Gasteiger partial charge in [-0.3, -0.25) is 0 Å². The highest BCUT2D eigenvalue weighted by molar-refractivity contribution is 5.70. The first-order valence-corrected chi connectivity index (χ1v) is 6.96. The zero-order valence-corrected chi connectivity index (χ0v) is 12.5. The van der Waals surface area contributed by atoms with Crippen LogP contribution in [0.1, 0.15) is 31.7 Å². The normalized spacial score (nSPS) is 12.1. The van der Waals surface area contributed by atoms with Gasteiger partial charge in [-0.05, 0) is 25.3 Å². The highest BCUT2D eigenvalue weighted by Gasteiger charge is 2.25. The van der Waals surface area contributed by atoms with Crippen LogP contribution in [0.4, 0.5) is 22.0 Å². The van der Waals surface area contributed by atoms with Crippen molar-refractivity contribution < 1.29 is 26.8 Å². The fourth-order valence-corrected chi connectivity index (χ4v) is 1.59. The van der Waals surface area contributed by atoms with Crippen molar-refractivity contribution in [1.82, 2.24) is 0 Å². The first-order valence-electron chi connectivity index (χ1n) is 6.96. The number of rotatable bonds is 8. The predicted molar refractivity (Wildman–Crippen MR) is 77.3 cm³/mol. The fourth-order valence-electron chi connectivity index (χ4n) is 1.59. The molecule has 0 aromatic heterocycles. The maximum absolute atomic E-state index is 13.3. The number of benzene rings is 1. The predicted octanol–water partition coefficient (Wildman–Crippen LogP) is 5.19. The fraction of sp³-hybridized carbons (Fsp3) is 0.312. The average molecular weight is 333 g/mol. The molecule has 0 amide bonds. The standard InChI is InChI=1S/C16H16F5NO/c1-2-3-4-5-6-7-8-9-22-23-10-11-12(17)14(19)16(21)15(20)13(11)18/h3-4,7-9H,2,5-6,10H2,1H3/b4-3-,8-7+,22-9+. The van der Waals surface area contributed by atoms with Crippen molar-refractivity contribution >= 4 is 6.21 Å². The molecule has 0 heterocycles. The van der Waals surface area contributed by atoms with Crippen LogP contribution in [0.25, 0.3) is 0 Å². The average Bonchev–Trinajstić information content (AvgIpc) is 2.55. The molecule has 1 rings (SSSR count). The summed E-state index contributed by atoms with van der Waals surface area (Å²) in [5, 5.41) is 3.36. The number of unbranched alkanes of at least 4 members (excludes halogenated alkanes) is 1. The van der Waals surface area contributed by atoms with E-state index in [4.69, 9.17) is 0 Å². The summed E-state index contributed by atoms with van der Waals surface area (Å²) in [4.78, 5) is 4.54. The number of nitrogens with zero attached hydrogens (tertiary/aromatic N) is 1. The summed E-state index contributed by atoms with van der Waals surface area (Å²) in [5.74, 6) is -10.1. The molecule has 7 heteroatoms. The Bertz CT molecular complexity index is 582. The summed E-state index contributed by atoms with van der Waals surface area (Å²) in [6.07, 6.45) is 11.2. The highest BCUT2D eigenvalue weighted by atomic mass is 19.2. The van der Waals surface area contributed by atoms with Crippen molar-refractivity contribution in [2.24, 2.45) is 5.16 Å². The lowest BCUT2D eigenvalue weighted by Gasteiger charge is -2.06. The summed E-state index contributed by atoms with van der Waals surface area (Å²) in [6.45, 7) is 1.16. The van der Waals surface area contributed by atoms with Crippen molar-refractivity contribution in [2.75, 3.05) is 0 Å². The first-order chi connectivity index (χ1) is 11.0. The molecule has 0 spiro atoms. The van der Waals surface area contributed by atoms with Gasteiger partial charge in [0.15, 0.2) is 23.3 Å². The molecule has 0 N–H and O–H groups in total. The highest BCUT2D eigenvalue weighted by Crippen LogP contribution is 2.23. The van der Waals surface area contributed by atoms with Crippen LogP contribution in [0.5, 0.6) is 0 Å². The molecule has 0 aliphatic rings. The number of hydrogen-bond acceptors (Lipinski definition) is 2. The number of hydrogen-bond donors (Lipinski definition) is 0. The Morgan fingerprint density at radius 1 is 0.826 bits per heavy atom. The molecule has 0 saturated heterocycles. The second-order valence-corrected chi connectivity index (χ2v) is 4.46. The Balaban J connectivity index is 2.52. The molecule has 2 nitrogen and oxygen atoms in total. The smallest absolute Gasteiger partial charge is 0.200 e. The van der Waals surface area contributed by atoms with Gasteiger partial charge in [-0.25, -0.2) is 22.0 Å². The number of allylic oxidation sites excluding steroid dienone is 4. The first kappa shape index (κ1) is 18.9. The third-order valence-electron chi connectivity index (χ3n) is 2.77. The van der Waals surface area contributed by atoms with E-state index in [1.165, 1.54) is 6.21 Å². The second-order valence-electron chi connectivity index (χ2n) is 4.46. The van der Waals surface area contributed by atoms with Gasteiger partial charge in [0.05, 0.1) is 11.8 Å². The van der Waals surface area contributed by atoms with E-state index in [9.17, 15) is 22.0 Å². The van der Waals surface area contributed by atoms with E-state index in [2.05, 4.69) is 9.99 Å². The molecule has 23 heavy (non-hydrogen) atoms. The molecule has 1 aromatic carbocycles. The van der Waals surface area contributed by atoms with E-state index in [0.717, 1.165) is 19.3 Å². The molecule has 0 fully saturated rings. The van der Waals surface area contributed by atoms with Gasteiger partial charge >= 0.3 is 0 Å². The zero-order valence-electron chi connectivity index (χ0n) is 12.5. The maximum Gasteiger partial charge on any atom is 0.200 e. The Labute approximate surface area is 130 Å². The molecule has 0 atom stereocenters. The minimum Gasteiger partial charge on any atom is -0.391 e. The van der Waals surface area contributed by atoms with E-state index in [0.29, 0.717) is 0 Å². The lowest BCUT2D eigenvalue weighted by atomic mass is 10.2. The van der Waals surface area contributed by atoms with Crippen molar-refractivity contribution in [3.63, 3.8) is 0 Å². The Hall–Kier alpha value is -2.18. The van der Waals surface area contributed by atoms with E-state index in [1.54, 1.807) is 12.2 Å².